The minimum Gasteiger partial charge on any atom is -0.462 e. The summed E-state index contributed by atoms with van der Waals surface area (Å²) in [6.45, 7) is 2.85. The lowest BCUT2D eigenvalue weighted by Crippen LogP contribution is -2.29. The number of esters is 1. The molecule has 0 aliphatic carbocycles. The molecule has 180 valence electrons. The van der Waals surface area contributed by atoms with Gasteiger partial charge >= 0.3 is 19.4 Å². The summed E-state index contributed by atoms with van der Waals surface area (Å²) < 4.78 is 30.9. The van der Waals surface area contributed by atoms with E-state index in [9.17, 15) is 19.3 Å². The lowest BCUT2D eigenvalue weighted by atomic mass is 10.2. The van der Waals surface area contributed by atoms with Gasteiger partial charge in [0.05, 0.1) is 29.4 Å². The van der Waals surface area contributed by atoms with Gasteiger partial charge in [-0.3, -0.25) is 13.9 Å². The first kappa shape index (κ1) is 25.3. The summed E-state index contributed by atoms with van der Waals surface area (Å²) in [5.41, 5.74) is 5.01. The summed E-state index contributed by atoms with van der Waals surface area (Å²) in [7, 11) is -4.00. The largest absolute Gasteiger partial charge is 0.462 e. The highest BCUT2D eigenvalue weighted by molar-refractivity contribution is 8.00. The van der Waals surface area contributed by atoms with Gasteiger partial charge in [-0.2, -0.15) is 4.98 Å². The molecule has 1 aliphatic heterocycles. The standard InChI is InChI=1S/C20H27N4O7PS/c1-13(2)30-19(26)11-22-32(28,31-14-6-4-3-5-7-14)29-12-16-15(25)10-18(33-16)24-9-8-17(21)23-20(24)27/h3-9,13,15-16,18,25H,10-12H2,1-2H3,(H,22,28)(H2,21,23,27)/t15-,16-,18-,32+/m1/s1. The van der Waals surface area contributed by atoms with Crippen LogP contribution in [-0.4, -0.2) is 51.2 Å². The van der Waals surface area contributed by atoms with E-state index in [1.165, 1.54) is 28.6 Å². The van der Waals surface area contributed by atoms with E-state index in [2.05, 4.69) is 10.1 Å². The number of carbonyl (C=O) groups excluding carboxylic acids is 1. The number of nitrogens with two attached hydrogens (primary N) is 1. The first-order valence-corrected chi connectivity index (χ1v) is 12.8. The van der Waals surface area contributed by atoms with Crippen molar-refractivity contribution in [2.45, 2.75) is 43.1 Å². The van der Waals surface area contributed by atoms with Crippen LogP contribution in [0.15, 0.2) is 47.4 Å². The van der Waals surface area contributed by atoms with E-state index in [0.717, 1.165) is 0 Å². The fraction of sp³-hybridized carbons (Fsp3) is 0.450. The van der Waals surface area contributed by atoms with Gasteiger partial charge < -0.3 is 20.1 Å². The Morgan fingerprint density at radius 3 is 2.76 bits per heavy atom. The van der Waals surface area contributed by atoms with E-state index in [-0.39, 0.29) is 30.7 Å². The number of nitrogens with one attached hydrogen (secondary N) is 1. The highest BCUT2D eigenvalue weighted by atomic mass is 32.2. The molecular formula is C20H27N4O7PS. The number of hydrogen-bond acceptors (Lipinski definition) is 10. The number of thioether (sulfide) groups is 1. The Kier molecular flexibility index (Phi) is 8.55. The molecule has 4 atom stereocenters. The Morgan fingerprint density at radius 1 is 1.36 bits per heavy atom. The number of nitrogens with zero attached hydrogens (tertiary/aromatic N) is 2. The summed E-state index contributed by atoms with van der Waals surface area (Å²) in [5.74, 6) is -0.223. The molecule has 13 heteroatoms. The van der Waals surface area contributed by atoms with Gasteiger partial charge in [-0.05, 0) is 32.0 Å². The number of rotatable bonds is 10. The molecule has 0 unspecified atom stereocenters. The molecule has 4 N–H and O–H groups in total. The van der Waals surface area contributed by atoms with Gasteiger partial charge in [0, 0.05) is 12.6 Å². The molecule has 33 heavy (non-hydrogen) atoms. The topological polar surface area (TPSA) is 155 Å². The summed E-state index contributed by atoms with van der Waals surface area (Å²) in [6, 6.07) is 9.87. The van der Waals surface area contributed by atoms with Crippen LogP contribution in [-0.2, 0) is 18.6 Å². The van der Waals surface area contributed by atoms with Crippen LogP contribution in [0.1, 0.15) is 25.6 Å². The lowest BCUT2D eigenvalue weighted by molar-refractivity contribution is -0.145. The summed E-state index contributed by atoms with van der Waals surface area (Å²) in [5, 5.41) is 12.1. The van der Waals surface area contributed by atoms with E-state index in [1.54, 1.807) is 44.2 Å². The number of carbonyl (C=O) groups is 1. The molecule has 0 bridgehead atoms. The van der Waals surface area contributed by atoms with Crippen LogP contribution in [0.2, 0.25) is 0 Å². The van der Waals surface area contributed by atoms with E-state index in [1.807, 2.05) is 0 Å². The van der Waals surface area contributed by atoms with E-state index in [4.69, 9.17) is 19.5 Å². The lowest BCUT2D eigenvalue weighted by Gasteiger charge is -2.22. The molecule has 1 saturated heterocycles. The van der Waals surface area contributed by atoms with Crippen LogP contribution >= 0.6 is 19.5 Å². The Bertz CT molecular complexity index is 1050. The zero-order valence-corrected chi connectivity index (χ0v) is 19.9. The number of benzene rings is 1. The minimum atomic E-state index is -4.00. The van der Waals surface area contributed by atoms with Crippen LogP contribution in [0, 0.1) is 0 Å². The van der Waals surface area contributed by atoms with Crippen molar-refractivity contribution in [1.82, 2.24) is 14.6 Å². The third kappa shape index (κ3) is 7.31. The molecule has 1 aliphatic rings. The highest BCUT2D eigenvalue weighted by Crippen LogP contribution is 2.47. The van der Waals surface area contributed by atoms with Crippen molar-refractivity contribution < 1.29 is 28.3 Å². The molecule has 3 rings (SSSR count). The van der Waals surface area contributed by atoms with Gasteiger partial charge in [-0.1, -0.05) is 18.2 Å². The van der Waals surface area contributed by atoms with Gasteiger partial charge in [0.25, 0.3) is 0 Å². The molecule has 0 spiro atoms. The predicted molar refractivity (Wildman–Crippen MR) is 124 cm³/mol. The number of nitrogen functional groups attached to an aromatic ring is 1. The Balaban J connectivity index is 1.67. The second-order valence-electron chi connectivity index (χ2n) is 7.55. The zero-order chi connectivity index (χ0) is 24.0. The molecule has 11 nitrogen and oxygen atoms in total. The molecular weight excluding hydrogens is 471 g/mol. The number of aliphatic hydroxyl groups is 1. The summed E-state index contributed by atoms with van der Waals surface area (Å²) in [4.78, 5) is 27.7. The fourth-order valence-corrected chi connectivity index (χ4v) is 5.87. The maximum absolute atomic E-state index is 13.3. The number of aliphatic hydroxyl groups excluding tert-OH is 1. The second-order valence-corrected chi connectivity index (χ2v) is 10.7. The number of hydrogen-bond donors (Lipinski definition) is 3. The third-order valence-electron chi connectivity index (χ3n) is 4.53. The third-order valence-corrected chi connectivity index (χ3v) is 7.55. The molecule has 2 aromatic rings. The number of para-hydroxylation sites is 1. The van der Waals surface area contributed by atoms with Crippen LogP contribution in [0.5, 0.6) is 5.75 Å². The van der Waals surface area contributed by atoms with Gasteiger partial charge in [0.2, 0.25) is 0 Å². The van der Waals surface area contributed by atoms with Gasteiger partial charge in [0.15, 0.2) is 0 Å². The SMILES string of the molecule is CC(C)OC(=O)CN[P@](=O)(OC[C@H]1S[C@@H](n2ccc(N)nc2=O)C[C@H]1O)Oc1ccccc1. The average molecular weight is 498 g/mol. The van der Waals surface area contributed by atoms with Crippen molar-refractivity contribution in [3.8, 4) is 5.75 Å². The van der Waals surface area contributed by atoms with Crippen molar-refractivity contribution in [1.29, 1.82) is 0 Å². The van der Waals surface area contributed by atoms with Crippen LogP contribution < -0.4 is 21.0 Å². The Hall–Kier alpha value is -2.37. The van der Waals surface area contributed by atoms with Crippen LogP contribution in [0.25, 0.3) is 0 Å². The van der Waals surface area contributed by atoms with Crippen molar-refractivity contribution >= 4 is 31.3 Å². The van der Waals surface area contributed by atoms with Crippen molar-refractivity contribution in [2.24, 2.45) is 0 Å². The monoisotopic (exact) mass is 498 g/mol. The molecule has 1 aromatic heterocycles. The summed E-state index contributed by atoms with van der Waals surface area (Å²) in [6.07, 6.45) is 0.620. The van der Waals surface area contributed by atoms with Crippen molar-refractivity contribution in [2.75, 3.05) is 18.9 Å². The fourth-order valence-electron chi connectivity index (χ4n) is 3.04. The number of ether oxygens (including phenoxy) is 1. The molecule has 2 heterocycles. The van der Waals surface area contributed by atoms with Crippen molar-refractivity contribution in [3.63, 3.8) is 0 Å². The van der Waals surface area contributed by atoms with Gasteiger partial charge in [-0.25, -0.2) is 14.4 Å². The first-order valence-electron chi connectivity index (χ1n) is 10.3. The van der Waals surface area contributed by atoms with Crippen LogP contribution in [0.3, 0.4) is 0 Å². The quantitative estimate of drug-likeness (QED) is 0.325. The summed E-state index contributed by atoms with van der Waals surface area (Å²) >= 11 is 1.28. The minimum absolute atomic E-state index is 0.112. The smallest absolute Gasteiger partial charge is 0.459 e. The zero-order valence-electron chi connectivity index (χ0n) is 18.2. The van der Waals surface area contributed by atoms with Crippen LogP contribution in [0.4, 0.5) is 5.82 Å². The molecule has 1 fully saturated rings. The predicted octanol–water partition coefficient (Wildman–Crippen LogP) is 1.94. The first-order chi connectivity index (χ1) is 15.6. The average Bonchev–Trinajstić information content (AvgIpc) is 3.11. The Morgan fingerprint density at radius 2 is 2.09 bits per heavy atom. The normalized spacial score (nSPS) is 22.1. The Labute approximate surface area is 195 Å². The van der Waals surface area contributed by atoms with Crippen molar-refractivity contribution in [3.05, 3.63) is 53.1 Å². The maximum Gasteiger partial charge on any atom is 0.459 e. The molecule has 1 aromatic carbocycles. The van der Waals surface area contributed by atoms with E-state index in [0.29, 0.717) is 0 Å². The van der Waals surface area contributed by atoms with Gasteiger partial charge in [0.1, 0.15) is 18.1 Å². The van der Waals surface area contributed by atoms with E-state index >= 15 is 0 Å². The molecule has 0 saturated carbocycles. The van der Waals surface area contributed by atoms with Gasteiger partial charge in [-0.15, -0.1) is 11.8 Å². The highest BCUT2D eigenvalue weighted by Gasteiger charge is 2.38. The number of aromatic nitrogens is 2. The molecule has 0 amide bonds. The second kappa shape index (κ2) is 11.2. The molecule has 0 radical (unpaired) electrons. The number of anilines is 1. The maximum atomic E-state index is 13.3. The van der Waals surface area contributed by atoms with E-state index < -0.39 is 42.7 Å².